The molecule has 1 saturated heterocycles. The average molecular weight is 267 g/mol. The Morgan fingerprint density at radius 2 is 1.95 bits per heavy atom. The Kier molecular flexibility index (Phi) is 4.80. The summed E-state index contributed by atoms with van der Waals surface area (Å²) in [4.78, 5) is 26.3. The lowest BCUT2D eigenvalue weighted by Gasteiger charge is -2.34. The Morgan fingerprint density at radius 1 is 1.21 bits per heavy atom. The molecule has 0 radical (unpaired) electrons. The fraction of sp³-hybridized carbons (Fsp3) is 0.857. The third kappa shape index (κ3) is 2.91. The fourth-order valence-electron chi connectivity index (χ4n) is 3.50. The average Bonchev–Trinajstić information content (AvgIpc) is 2.95. The number of hydrogen-bond acceptors (Lipinski definition) is 3. The molecule has 2 amide bonds. The maximum atomic E-state index is 12.7. The van der Waals surface area contributed by atoms with E-state index in [1.54, 1.807) is 11.9 Å². The summed E-state index contributed by atoms with van der Waals surface area (Å²) in [6.45, 7) is 1.29. The van der Waals surface area contributed by atoms with Crippen LogP contribution in [0.3, 0.4) is 0 Å². The van der Waals surface area contributed by atoms with Gasteiger partial charge in [0.2, 0.25) is 11.8 Å². The summed E-state index contributed by atoms with van der Waals surface area (Å²) in [5, 5.41) is 2.66. The van der Waals surface area contributed by atoms with Gasteiger partial charge in [0.15, 0.2) is 0 Å². The van der Waals surface area contributed by atoms with Crippen molar-refractivity contribution in [3.8, 4) is 0 Å². The number of hydrogen-bond donors (Lipinski definition) is 2. The summed E-state index contributed by atoms with van der Waals surface area (Å²) in [7, 11) is 1.63. The standard InChI is InChI=1S/C14H25N3O2/c1-16-13(18)12-7-4-8-17(12)14(19)11-6-3-2-5-10(11)9-15/h10-12H,2-9,15H2,1H3,(H,16,18). The summed E-state index contributed by atoms with van der Waals surface area (Å²) in [5.41, 5.74) is 5.80. The van der Waals surface area contributed by atoms with Crippen molar-refractivity contribution in [3.05, 3.63) is 0 Å². The molecule has 2 aliphatic rings. The van der Waals surface area contributed by atoms with Crippen molar-refractivity contribution < 1.29 is 9.59 Å². The van der Waals surface area contributed by atoms with Gasteiger partial charge in [-0.05, 0) is 38.1 Å². The number of nitrogens with two attached hydrogens (primary N) is 1. The molecule has 5 heteroatoms. The highest BCUT2D eigenvalue weighted by molar-refractivity contribution is 5.89. The van der Waals surface area contributed by atoms with Gasteiger partial charge in [-0.25, -0.2) is 0 Å². The van der Waals surface area contributed by atoms with Gasteiger partial charge in [0.25, 0.3) is 0 Å². The first kappa shape index (κ1) is 14.3. The molecule has 2 fully saturated rings. The van der Waals surface area contributed by atoms with E-state index in [1.165, 1.54) is 6.42 Å². The Morgan fingerprint density at radius 3 is 2.63 bits per heavy atom. The third-order valence-corrected chi connectivity index (χ3v) is 4.61. The van der Waals surface area contributed by atoms with Crippen molar-refractivity contribution in [1.29, 1.82) is 0 Å². The smallest absolute Gasteiger partial charge is 0.242 e. The van der Waals surface area contributed by atoms with Crippen LogP contribution in [0.2, 0.25) is 0 Å². The van der Waals surface area contributed by atoms with E-state index < -0.39 is 0 Å². The molecule has 108 valence electrons. The third-order valence-electron chi connectivity index (χ3n) is 4.61. The van der Waals surface area contributed by atoms with E-state index in [4.69, 9.17) is 5.73 Å². The summed E-state index contributed by atoms with van der Waals surface area (Å²) in [6, 6.07) is -0.266. The van der Waals surface area contributed by atoms with Gasteiger partial charge in [-0.3, -0.25) is 9.59 Å². The van der Waals surface area contributed by atoms with Crippen LogP contribution in [-0.4, -0.2) is 42.9 Å². The van der Waals surface area contributed by atoms with Crippen LogP contribution in [-0.2, 0) is 9.59 Å². The first-order valence-corrected chi connectivity index (χ1v) is 7.41. The summed E-state index contributed by atoms with van der Waals surface area (Å²) in [6.07, 6.45) is 5.95. The minimum Gasteiger partial charge on any atom is -0.357 e. The van der Waals surface area contributed by atoms with Gasteiger partial charge < -0.3 is 16.0 Å². The fourth-order valence-corrected chi connectivity index (χ4v) is 3.50. The van der Waals surface area contributed by atoms with Crippen LogP contribution >= 0.6 is 0 Å². The van der Waals surface area contributed by atoms with Gasteiger partial charge in [0.05, 0.1) is 0 Å². The second-order valence-corrected chi connectivity index (χ2v) is 5.69. The van der Waals surface area contributed by atoms with E-state index in [9.17, 15) is 9.59 Å². The topological polar surface area (TPSA) is 75.4 Å². The van der Waals surface area contributed by atoms with Crippen molar-refractivity contribution in [1.82, 2.24) is 10.2 Å². The largest absolute Gasteiger partial charge is 0.357 e. The molecule has 0 bridgehead atoms. The van der Waals surface area contributed by atoms with Gasteiger partial charge in [-0.15, -0.1) is 0 Å². The second-order valence-electron chi connectivity index (χ2n) is 5.69. The predicted octanol–water partition coefficient (Wildman–Crippen LogP) is 0.489. The van der Waals surface area contributed by atoms with Crippen LogP contribution in [0.15, 0.2) is 0 Å². The number of nitrogens with zero attached hydrogens (tertiary/aromatic N) is 1. The SMILES string of the molecule is CNC(=O)C1CCCN1C(=O)C1CCCCC1CN. The van der Waals surface area contributed by atoms with E-state index in [0.717, 1.165) is 32.1 Å². The molecule has 3 atom stereocenters. The van der Waals surface area contributed by atoms with Gasteiger partial charge in [-0.2, -0.15) is 0 Å². The molecule has 5 nitrogen and oxygen atoms in total. The normalized spacial score (nSPS) is 31.3. The molecule has 1 saturated carbocycles. The zero-order valence-corrected chi connectivity index (χ0v) is 11.7. The number of likely N-dealkylation sites (N-methyl/N-ethyl adjacent to an activating group) is 1. The summed E-state index contributed by atoms with van der Waals surface area (Å²) < 4.78 is 0. The van der Waals surface area contributed by atoms with Crippen LogP contribution < -0.4 is 11.1 Å². The zero-order chi connectivity index (χ0) is 13.8. The lowest BCUT2D eigenvalue weighted by atomic mass is 9.78. The summed E-state index contributed by atoms with van der Waals surface area (Å²) in [5.74, 6) is 0.448. The minimum atomic E-state index is -0.266. The number of likely N-dealkylation sites (tertiary alicyclic amines) is 1. The molecular weight excluding hydrogens is 242 g/mol. The van der Waals surface area contributed by atoms with Gasteiger partial charge in [0, 0.05) is 19.5 Å². The van der Waals surface area contributed by atoms with E-state index in [-0.39, 0.29) is 23.8 Å². The van der Waals surface area contributed by atoms with Crippen LogP contribution in [0.5, 0.6) is 0 Å². The highest BCUT2D eigenvalue weighted by Gasteiger charge is 2.39. The first-order chi connectivity index (χ1) is 9.19. The molecule has 19 heavy (non-hydrogen) atoms. The maximum absolute atomic E-state index is 12.7. The van der Waals surface area contributed by atoms with E-state index in [2.05, 4.69) is 5.32 Å². The van der Waals surface area contributed by atoms with E-state index >= 15 is 0 Å². The van der Waals surface area contributed by atoms with Gasteiger partial charge in [-0.1, -0.05) is 12.8 Å². The second kappa shape index (κ2) is 6.37. The molecule has 0 aromatic rings. The Labute approximate surface area is 114 Å². The zero-order valence-electron chi connectivity index (χ0n) is 11.7. The Hall–Kier alpha value is -1.10. The number of carbonyl (C=O) groups excluding carboxylic acids is 2. The number of amides is 2. The van der Waals surface area contributed by atoms with Crippen molar-refractivity contribution in [2.24, 2.45) is 17.6 Å². The predicted molar refractivity (Wildman–Crippen MR) is 73.3 cm³/mol. The van der Waals surface area contributed by atoms with Crippen LogP contribution in [0.25, 0.3) is 0 Å². The first-order valence-electron chi connectivity index (χ1n) is 7.41. The molecule has 3 N–H and O–H groups in total. The molecule has 1 aliphatic carbocycles. The lowest BCUT2D eigenvalue weighted by molar-refractivity contribution is -0.143. The molecule has 1 heterocycles. The van der Waals surface area contributed by atoms with Crippen molar-refractivity contribution in [3.63, 3.8) is 0 Å². The van der Waals surface area contributed by atoms with Crippen LogP contribution in [0, 0.1) is 11.8 Å². The number of nitrogens with one attached hydrogen (secondary N) is 1. The molecule has 0 aromatic heterocycles. The molecule has 0 aromatic carbocycles. The molecular formula is C14H25N3O2. The monoisotopic (exact) mass is 267 g/mol. The number of rotatable bonds is 3. The molecule has 3 unspecified atom stereocenters. The van der Waals surface area contributed by atoms with E-state index in [1.807, 2.05) is 0 Å². The van der Waals surface area contributed by atoms with Gasteiger partial charge in [0.1, 0.15) is 6.04 Å². The minimum absolute atomic E-state index is 0.0315. The Balaban J connectivity index is 2.07. The molecule has 2 rings (SSSR count). The molecule has 1 aliphatic heterocycles. The van der Waals surface area contributed by atoms with Crippen LogP contribution in [0.4, 0.5) is 0 Å². The summed E-state index contributed by atoms with van der Waals surface area (Å²) >= 11 is 0. The highest BCUT2D eigenvalue weighted by Crippen LogP contribution is 2.32. The van der Waals surface area contributed by atoms with Crippen LogP contribution in [0.1, 0.15) is 38.5 Å². The van der Waals surface area contributed by atoms with E-state index in [0.29, 0.717) is 19.0 Å². The lowest BCUT2D eigenvalue weighted by Crippen LogP contribution is -2.49. The van der Waals surface area contributed by atoms with Crippen molar-refractivity contribution >= 4 is 11.8 Å². The van der Waals surface area contributed by atoms with Gasteiger partial charge >= 0.3 is 0 Å². The highest BCUT2D eigenvalue weighted by atomic mass is 16.2. The Bertz CT molecular complexity index is 346. The van der Waals surface area contributed by atoms with Crippen molar-refractivity contribution in [2.45, 2.75) is 44.6 Å². The maximum Gasteiger partial charge on any atom is 0.242 e. The molecule has 0 spiro atoms. The quantitative estimate of drug-likeness (QED) is 0.781. The number of carbonyl (C=O) groups is 2. The van der Waals surface area contributed by atoms with Crippen molar-refractivity contribution in [2.75, 3.05) is 20.1 Å².